The fourth-order valence-electron chi connectivity index (χ4n) is 3.88. The number of nitrogens with zero attached hydrogens (tertiary/aromatic N) is 2. The summed E-state index contributed by atoms with van der Waals surface area (Å²) in [6.07, 6.45) is 14.8. The molecule has 104 valence electrons. The van der Waals surface area contributed by atoms with Crippen molar-refractivity contribution in [3.63, 3.8) is 0 Å². The van der Waals surface area contributed by atoms with Crippen molar-refractivity contribution in [3.8, 4) is 0 Å². The number of hydrogen-bond acceptors (Lipinski definition) is 4. The van der Waals surface area contributed by atoms with E-state index in [2.05, 4.69) is 9.98 Å². The minimum Gasteiger partial charge on any atom is -0.211 e. The Balaban J connectivity index is 2.21. The van der Waals surface area contributed by atoms with Gasteiger partial charge in [0.15, 0.2) is 0 Å². The van der Waals surface area contributed by atoms with Crippen molar-refractivity contribution in [2.45, 2.75) is 81.7 Å². The van der Waals surface area contributed by atoms with E-state index in [1.54, 1.807) is 12.2 Å². The molecule has 0 aliphatic heterocycles. The molecule has 0 radical (unpaired) electrons. The normalized spacial score (nSPS) is 24.8. The molecule has 0 atom stereocenters. The van der Waals surface area contributed by atoms with Gasteiger partial charge >= 0.3 is 0 Å². The lowest BCUT2D eigenvalue weighted by Gasteiger charge is -2.41. The minimum absolute atomic E-state index is 0.322. The first kappa shape index (κ1) is 14.2. The van der Waals surface area contributed by atoms with Crippen LogP contribution in [-0.2, 0) is 9.59 Å². The van der Waals surface area contributed by atoms with E-state index in [4.69, 9.17) is 0 Å². The molecule has 0 aromatic heterocycles. The van der Waals surface area contributed by atoms with Crippen molar-refractivity contribution in [1.29, 1.82) is 0 Å². The quantitative estimate of drug-likeness (QED) is 0.575. The van der Waals surface area contributed by atoms with Crippen LogP contribution in [0.2, 0.25) is 0 Å². The lowest BCUT2D eigenvalue weighted by Crippen LogP contribution is -2.41. The third-order valence-corrected chi connectivity index (χ3v) is 4.79. The highest BCUT2D eigenvalue weighted by Gasteiger charge is 2.43. The van der Waals surface area contributed by atoms with Crippen LogP contribution in [0.1, 0.15) is 70.6 Å². The Morgan fingerprint density at radius 1 is 0.684 bits per heavy atom. The number of carbonyl (C=O) groups excluding carboxylic acids is 2. The summed E-state index contributed by atoms with van der Waals surface area (Å²) in [6.45, 7) is 0. The Morgan fingerprint density at radius 3 is 1.37 bits per heavy atom. The monoisotopic (exact) mass is 262 g/mol. The van der Waals surface area contributed by atoms with Crippen molar-refractivity contribution in [1.82, 2.24) is 0 Å². The Bertz CT molecular complexity index is 356. The molecule has 2 fully saturated rings. The predicted molar refractivity (Wildman–Crippen MR) is 72.5 cm³/mol. The van der Waals surface area contributed by atoms with Crippen LogP contribution in [0, 0.1) is 0 Å². The van der Waals surface area contributed by atoms with Gasteiger partial charge in [-0.25, -0.2) is 9.59 Å². The Hall–Kier alpha value is -1.24. The van der Waals surface area contributed by atoms with Crippen molar-refractivity contribution in [2.24, 2.45) is 9.98 Å². The topological polar surface area (TPSA) is 58.9 Å². The molecule has 0 unspecified atom stereocenters. The van der Waals surface area contributed by atoms with Gasteiger partial charge in [0, 0.05) is 0 Å². The van der Waals surface area contributed by atoms with Gasteiger partial charge in [-0.1, -0.05) is 38.5 Å². The molecule has 4 heteroatoms. The molecule has 2 aliphatic carbocycles. The summed E-state index contributed by atoms with van der Waals surface area (Å²) in [4.78, 5) is 29.8. The van der Waals surface area contributed by atoms with E-state index < -0.39 is 0 Å². The lowest BCUT2D eigenvalue weighted by atomic mass is 9.69. The summed E-state index contributed by atoms with van der Waals surface area (Å²) < 4.78 is 0. The van der Waals surface area contributed by atoms with Crippen LogP contribution in [0.15, 0.2) is 9.98 Å². The standard InChI is InChI=1S/C15H22N2O2/c18-12-16-14(7-3-1-4-8-14)11-15(17-13-19)9-5-2-6-10-15/h1-11H2. The first-order valence-electron chi connectivity index (χ1n) is 7.42. The maximum atomic E-state index is 10.8. The molecular formula is C15H22N2O2. The van der Waals surface area contributed by atoms with E-state index in [0.29, 0.717) is 0 Å². The first-order chi connectivity index (χ1) is 9.24. The minimum atomic E-state index is -0.322. The average molecular weight is 262 g/mol. The fourth-order valence-corrected chi connectivity index (χ4v) is 3.88. The van der Waals surface area contributed by atoms with Crippen molar-refractivity contribution < 1.29 is 9.59 Å². The predicted octanol–water partition coefficient (Wildman–Crippen LogP) is 3.45. The van der Waals surface area contributed by atoms with Crippen molar-refractivity contribution in [2.75, 3.05) is 0 Å². The molecule has 0 saturated heterocycles. The van der Waals surface area contributed by atoms with Gasteiger partial charge in [-0.05, 0) is 32.1 Å². The molecule has 0 aromatic carbocycles. The number of hydrogen-bond donors (Lipinski definition) is 0. The molecule has 0 bridgehead atoms. The zero-order valence-electron chi connectivity index (χ0n) is 11.5. The largest absolute Gasteiger partial charge is 0.235 e. The second-order valence-corrected chi connectivity index (χ2v) is 6.15. The van der Waals surface area contributed by atoms with Gasteiger partial charge in [-0.2, -0.15) is 9.98 Å². The molecule has 0 spiro atoms. The molecule has 2 saturated carbocycles. The summed E-state index contributed by atoms with van der Waals surface area (Å²) in [5, 5.41) is 0. The summed E-state index contributed by atoms with van der Waals surface area (Å²) in [5.41, 5.74) is -0.643. The molecule has 0 N–H and O–H groups in total. The number of isocyanates is 2. The SMILES string of the molecule is O=C=NC1(CC2(N=C=O)CCCCC2)CCCCC1. The van der Waals surface area contributed by atoms with Gasteiger partial charge in [0.2, 0.25) is 12.2 Å². The molecule has 4 nitrogen and oxygen atoms in total. The number of aliphatic imine (C=N–C) groups is 2. The third-order valence-electron chi connectivity index (χ3n) is 4.79. The van der Waals surface area contributed by atoms with Gasteiger partial charge in [0.25, 0.3) is 0 Å². The molecular weight excluding hydrogens is 240 g/mol. The van der Waals surface area contributed by atoms with Crippen LogP contribution >= 0.6 is 0 Å². The van der Waals surface area contributed by atoms with Gasteiger partial charge in [-0.15, -0.1) is 0 Å². The second kappa shape index (κ2) is 6.27. The second-order valence-electron chi connectivity index (χ2n) is 6.15. The maximum absolute atomic E-state index is 10.8. The molecule has 0 aromatic rings. The van der Waals surface area contributed by atoms with Crippen LogP contribution in [0.3, 0.4) is 0 Å². The van der Waals surface area contributed by atoms with Crippen LogP contribution in [-0.4, -0.2) is 23.2 Å². The third kappa shape index (κ3) is 3.40. The van der Waals surface area contributed by atoms with Crippen molar-refractivity contribution >= 4 is 12.2 Å². The molecule has 2 aliphatic rings. The highest BCUT2D eigenvalue weighted by molar-refractivity contribution is 5.37. The maximum Gasteiger partial charge on any atom is 0.235 e. The summed E-state index contributed by atoms with van der Waals surface area (Å²) in [5.74, 6) is 0. The summed E-state index contributed by atoms with van der Waals surface area (Å²) in [6, 6.07) is 0. The van der Waals surface area contributed by atoms with E-state index >= 15 is 0 Å². The van der Waals surface area contributed by atoms with Gasteiger partial charge < -0.3 is 0 Å². The molecule has 19 heavy (non-hydrogen) atoms. The Kier molecular flexibility index (Phi) is 4.68. The van der Waals surface area contributed by atoms with E-state index in [0.717, 1.165) is 57.8 Å². The summed E-state index contributed by atoms with van der Waals surface area (Å²) in [7, 11) is 0. The van der Waals surface area contributed by atoms with Crippen molar-refractivity contribution in [3.05, 3.63) is 0 Å². The first-order valence-corrected chi connectivity index (χ1v) is 7.42. The van der Waals surface area contributed by atoms with Gasteiger partial charge in [0.05, 0.1) is 11.1 Å². The highest BCUT2D eigenvalue weighted by Crippen LogP contribution is 2.44. The average Bonchev–Trinajstić information content (AvgIpc) is 2.41. The van der Waals surface area contributed by atoms with Gasteiger partial charge in [0.1, 0.15) is 0 Å². The van der Waals surface area contributed by atoms with Crippen LogP contribution in [0.25, 0.3) is 0 Å². The van der Waals surface area contributed by atoms with Crippen LogP contribution in [0.4, 0.5) is 0 Å². The fraction of sp³-hybridized carbons (Fsp3) is 0.867. The Morgan fingerprint density at radius 2 is 1.05 bits per heavy atom. The number of rotatable bonds is 4. The Labute approximate surface area is 114 Å². The van der Waals surface area contributed by atoms with E-state index in [1.165, 1.54) is 12.8 Å². The van der Waals surface area contributed by atoms with Crippen LogP contribution < -0.4 is 0 Å². The zero-order chi connectivity index (χ0) is 13.6. The molecule has 0 heterocycles. The smallest absolute Gasteiger partial charge is 0.211 e. The van der Waals surface area contributed by atoms with Crippen LogP contribution in [0.5, 0.6) is 0 Å². The zero-order valence-corrected chi connectivity index (χ0v) is 11.5. The van der Waals surface area contributed by atoms with E-state index in [-0.39, 0.29) is 11.1 Å². The highest BCUT2D eigenvalue weighted by atomic mass is 16.1. The van der Waals surface area contributed by atoms with E-state index in [1.807, 2.05) is 0 Å². The summed E-state index contributed by atoms with van der Waals surface area (Å²) >= 11 is 0. The van der Waals surface area contributed by atoms with E-state index in [9.17, 15) is 9.59 Å². The molecule has 0 amide bonds. The molecule has 2 rings (SSSR count). The van der Waals surface area contributed by atoms with Gasteiger partial charge in [-0.3, -0.25) is 0 Å². The lowest BCUT2D eigenvalue weighted by molar-refractivity contribution is 0.181.